The first-order chi connectivity index (χ1) is 7.29. The molecule has 0 aliphatic carbocycles. The van der Waals surface area contributed by atoms with E-state index < -0.39 is 0 Å². The zero-order chi connectivity index (χ0) is 11.5. The fraction of sp³-hybridized carbons (Fsp3) is 0.500. The molecule has 0 radical (unpaired) electrons. The first kappa shape index (κ1) is 13.9. The summed E-state index contributed by atoms with van der Waals surface area (Å²) in [6.45, 7) is 11.9. The van der Waals surface area contributed by atoms with Gasteiger partial charge in [-0.3, -0.25) is 4.99 Å². The molecule has 0 N–H and O–H groups in total. The molecule has 0 aromatic heterocycles. The summed E-state index contributed by atoms with van der Waals surface area (Å²) < 4.78 is 0. The Labute approximate surface area is 94.3 Å². The second kappa shape index (κ2) is 9.45. The minimum absolute atomic E-state index is 0.624. The summed E-state index contributed by atoms with van der Waals surface area (Å²) in [5, 5.41) is 0. The van der Waals surface area contributed by atoms with Gasteiger partial charge in [0.25, 0.3) is 0 Å². The molecule has 0 aliphatic rings. The molecule has 15 heavy (non-hydrogen) atoms. The van der Waals surface area contributed by atoms with Crippen LogP contribution in [0.15, 0.2) is 42.1 Å². The summed E-state index contributed by atoms with van der Waals surface area (Å²) in [6, 6.07) is 0. The zero-order valence-electron chi connectivity index (χ0n) is 10.1. The minimum atomic E-state index is 0.624. The van der Waals surface area contributed by atoms with Crippen molar-refractivity contribution >= 4 is 6.21 Å². The Balaban J connectivity index is 4.44. The molecule has 0 aromatic rings. The number of allylic oxidation sites excluding steroid dienone is 3. The van der Waals surface area contributed by atoms with E-state index >= 15 is 0 Å². The van der Waals surface area contributed by atoms with Crippen LogP contribution in [-0.2, 0) is 0 Å². The minimum Gasteiger partial charge on any atom is -0.265 e. The van der Waals surface area contributed by atoms with Crippen molar-refractivity contribution in [3.8, 4) is 0 Å². The molecular weight excluding hydrogens is 182 g/mol. The van der Waals surface area contributed by atoms with Crippen LogP contribution in [0.25, 0.3) is 0 Å². The Morgan fingerprint density at radius 3 is 2.53 bits per heavy atom. The van der Waals surface area contributed by atoms with Crippen molar-refractivity contribution in [3.05, 3.63) is 37.1 Å². The molecule has 1 unspecified atom stereocenters. The van der Waals surface area contributed by atoms with E-state index in [9.17, 15) is 0 Å². The second-order valence-electron chi connectivity index (χ2n) is 3.60. The van der Waals surface area contributed by atoms with E-state index in [0.29, 0.717) is 5.92 Å². The molecule has 0 spiro atoms. The summed E-state index contributed by atoms with van der Waals surface area (Å²) in [5.41, 5.74) is 1.29. The van der Waals surface area contributed by atoms with Crippen LogP contribution in [0.3, 0.4) is 0 Å². The van der Waals surface area contributed by atoms with Crippen LogP contribution < -0.4 is 0 Å². The predicted octanol–water partition coefficient (Wildman–Crippen LogP) is 4.53. The lowest BCUT2D eigenvalue weighted by Crippen LogP contribution is -2.01. The van der Waals surface area contributed by atoms with Crippen LogP contribution in [0, 0.1) is 5.92 Å². The van der Waals surface area contributed by atoms with Gasteiger partial charge in [-0.25, -0.2) is 0 Å². The smallest absolute Gasteiger partial charge is 0.0270 e. The van der Waals surface area contributed by atoms with Crippen LogP contribution in [0.4, 0.5) is 0 Å². The first-order valence-corrected chi connectivity index (χ1v) is 5.76. The number of rotatable bonds is 8. The average Bonchev–Trinajstić information content (AvgIpc) is 2.27. The van der Waals surface area contributed by atoms with Crippen LogP contribution >= 0.6 is 0 Å². The third-order valence-electron chi connectivity index (χ3n) is 2.56. The predicted molar refractivity (Wildman–Crippen MR) is 70.3 cm³/mol. The van der Waals surface area contributed by atoms with Crippen LogP contribution in [0.2, 0.25) is 0 Å². The Bertz CT molecular complexity index is 236. The SMILES string of the molecule is C=CN=C/C=C(\C=C)C(CC)CCCC. The van der Waals surface area contributed by atoms with E-state index in [4.69, 9.17) is 0 Å². The third kappa shape index (κ3) is 6.05. The highest BCUT2D eigenvalue weighted by molar-refractivity contribution is 5.73. The number of aliphatic imine (C=N–C) groups is 1. The molecule has 84 valence electrons. The van der Waals surface area contributed by atoms with Gasteiger partial charge in [0.1, 0.15) is 0 Å². The van der Waals surface area contributed by atoms with Crippen molar-refractivity contribution in [2.24, 2.45) is 10.9 Å². The molecule has 0 saturated carbocycles. The molecule has 0 amide bonds. The zero-order valence-corrected chi connectivity index (χ0v) is 10.1. The molecule has 1 heteroatoms. The summed E-state index contributed by atoms with van der Waals surface area (Å²) in [4.78, 5) is 3.97. The van der Waals surface area contributed by atoms with Gasteiger partial charge in [-0.1, -0.05) is 45.9 Å². The van der Waals surface area contributed by atoms with Gasteiger partial charge in [0.05, 0.1) is 0 Å². The van der Waals surface area contributed by atoms with E-state index in [0.717, 1.165) is 0 Å². The Morgan fingerprint density at radius 2 is 2.07 bits per heavy atom. The lowest BCUT2D eigenvalue weighted by Gasteiger charge is -2.15. The molecule has 0 bridgehead atoms. The molecule has 1 nitrogen and oxygen atoms in total. The van der Waals surface area contributed by atoms with E-state index in [2.05, 4.69) is 32.0 Å². The number of hydrogen-bond acceptors (Lipinski definition) is 1. The molecule has 0 fully saturated rings. The van der Waals surface area contributed by atoms with Crippen molar-refractivity contribution in [2.75, 3.05) is 0 Å². The average molecular weight is 205 g/mol. The van der Waals surface area contributed by atoms with Gasteiger partial charge >= 0.3 is 0 Å². The highest BCUT2D eigenvalue weighted by Gasteiger charge is 2.07. The highest BCUT2D eigenvalue weighted by Crippen LogP contribution is 2.21. The van der Waals surface area contributed by atoms with Crippen molar-refractivity contribution in [1.29, 1.82) is 0 Å². The maximum atomic E-state index is 3.97. The van der Waals surface area contributed by atoms with Gasteiger partial charge in [0.15, 0.2) is 0 Å². The molecule has 0 heterocycles. The third-order valence-corrected chi connectivity index (χ3v) is 2.56. The number of unbranched alkanes of at least 4 members (excludes halogenated alkanes) is 1. The lowest BCUT2D eigenvalue weighted by molar-refractivity contribution is 0.524. The summed E-state index contributed by atoms with van der Waals surface area (Å²) in [7, 11) is 0. The Hall–Kier alpha value is -1.11. The molecule has 0 aliphatic heterocycles. The van der Waals surface area contributed by atoms with E-state index in [1.165, 1.54) is 31.3 Å². The maximum Gasteiger partial charge on any atom is 0.0270 e. The lowest BCUT2D eigenvalue weighted by atomic mass is 9.91. The fourth-order valence-corrected chi connectivity index (χ4v) is 1.62. The van der Waals surface area contributed by atoms with Crippen LogP contribution in [0.1, 0.15) is 39.5 Å². The van der Waals surface area contributed by atoms with E-state index in [1.54, 1.807) is 12.4 Å². The molecule has 0 saturated heterocycles. The molecule has 0 rings (SSSR count). The largest absolute Gasteiger partial charge is 0.265 e. The number of hydrogen-bond donors (Lipinski definition) is 0. The van der Waals surface area contributed by atoms with E-state index in [1.807, 2.05) is 12.2 Å². The van der Waals surface area contributed by atoms with Gasteiger partial charge in [0, 0.05) is 12.4 Å². The maximum absolute atomic E-state index is 3.97. The molecular formula is C14H23N. The normalized spacial score (nSPS) is 14.1. The monoisotopic (exact) mass is 205 g/mol. The Kier molecular flexibility index (Phi) is 8.75. The second-order valence-corrected chi connectivity index (χ2v) is 3.60. The summed E-state index contributed by atoms with van der Waals surface area (Å²) >= 11 is 0. The van der Waals surface area contributed by atoms with Crippen LogP contribution in [0.5, 0.6) is 0 Å². The van der Waals surface area contributed by atoms with Crippen molar-refractivity contribution in [2.45, 2.75) is 39.5 Å². The van der Waals surface area contributed by atoms with Gasteiger partial charge in [-0.05, 0) is 30.4 Å². The van der Waals surface area contributed by atoms with Gasteiger partial charge in [-0.2, -0.15) is 0 Å². The van der Waals surface area contributed by atoms with Gasteiger partial charge in [-0.15, -0.1) is 0 Å². The Morgan fingerprint density at radius 1 is 1.33 bits per heavy atom. The number of nitrogens with zero attached hydrogens (tertiary/aromatic N) is 1. The van der Waals surface area contributed by atoms with Gasteiger partial charge < -0.3 is 0 Å². The topological polar surface area (TPSA) is 12.4 Å². The highest BCUT2D eigenvalue weighted by atomic mass is 14.6. The van der Waals surface area contributed by atoms with Crippen LogP contribution in [-0.4, -0.2) is 6.21 Å². The standard InChI is InChI=1S/C14H23N/c1-5-9-10-13(6-2)14(7-3)11-12-15-8-4/h7-8,11-13H,3-6,9-10H2,1-2H3/b14-11+,15-12?. The van der Waals surface area contributed by atoms with Crippen molar-refractivity contribution < 1.29 is 0 Å². The molecule has 1 atom stereocenters. The van der Waals surface area contributed by atoms with Crippen molar-refractivity contribution in [3.63, 3.8) is 0 Å². The quantitative estimate of drug-likeness (QED) is 0.408. The summed E-state index contributed by atoms with van der Waals surface area (Å²) in [6.07, 6.45) is 12.3. The first-order valence-electron chi connectivity index (χ1n) is 5.76. The summed E-state index contributed by atoms with van der Waals surface area (Å²) in [5.74, 6) is 0.624. The van der Waals surface area contributed by atoms with Crippen molar-refractivity contribution in [1.82, 2.24) is 0 Å². The van der Waals surface area contributed by atoms with E-state index in [-0.39, 0.29) is 0 Å². The molecule has 0 aromatic carbocycles. The fourth-order valence-electron chi connectivity index (χ4n) is 1.62. The van der Waals surface area contributed by atoms with Gasteiger partial charge in [0.2, 0.25) is 0 Å².